The van der Waals surface area contributed by atoms with Crippen LogP contribution in [0.15, 0.2) is 66.7 Å². The molecule has 1 fully saturated rings. The summed E-state index contributed by atoms with van der Waals surface area (Å²) in [6, 6.07) is 15.4. The Labute approximate surface area is 247 Å². The number of carbonyl (C=O) groups excluding carboxylic acids is 2. The molecule has 5 rings (SSSR count). The number of anilines is 1. The molecule has 0 aliphatic heterocycles. The van der Waals surface area contributed by atoms with Gasteiger partial charge >= 0.3 is 0 Å². The fourth-order valence-electron chi connectivity index (χ4n) is 5.07. The summed E-state index contributed by atoms with van der Waals surface area (Å²) >= 11 is 5.98. The van der Waals surface area contributed by atoms with Gasteiger partial charge in [0.25, 0.3) is 5.91 Å². The van der Waals surface area contributed by atoms with Crippen molar-refractivity contribution >= 4 is 29.1 Å². The van der Waals surface area contributed by atoms with Crippen LogP contribution in [0.25, 0.3) is 11.4 Å². The quantitative estimate of drug-likeness (QED) is 0.278. The smallest absolute Gasteiger partial charge is 0.251 e. The summed E-state index contributed by atoms with van der Waals surface area (Å²) in [4.78, 5) is 30.5. The molecule has 1 aliphatic carbocycles. The lowest BCUT2D eigenvalue weighted by Crippen LogP contribution is -2.48. The van der Waals surface area contributed by atoms with Crippen molar-refractivity contribution in [2.24, 2.45) is 0 Å². The monoisotopic (exact) mass is 592 g/mol. The number of hydrogen-bond donors (Lipinski definition) is 2. The molecule has 0 bridgehead atoms. The largest absolute Gasteiger partial charge is 0.504 e. The molecule has 2 N–H and O–H groups in total. The lowest BCUT2D eigenvalue weighted by atomic mass is 9.94. The van der Waals surface area contributed by atoms with Crippen LogP contribution in [0.1, 0.15) is 43.7 Å². The number of ether oxygens (including phenoxy) is 1. The van der Waals surface area contributed by atoms with Gasteiger partial charge in [-0.2, -0.15) is 4.80 Å². The highest BCUT2D eigenvalue weighted by atomic mass is 35.5. The minimum absolute atomic E-state index is 0.0446. The molecule has 1 heterocycles. The second kappa shape index (κ2) is 13.0. The molecule has 12 heteroatoms. The molecule has 10 nitrogen and oxygen atoms in total. The molecule has 0 unspecified atom stereocenters. The normalized spacial score (nSPS) is 14.3. The molecule has 42 heavy (non-hydrogen) atoms. The van der Waals surface area contributed by atoms with Crippen LogP contribution >= 0.6 is 11.6 Å². The highest BCUT2D eigenvalue weighted by Crippen LogP contribution is 2.34. The lowest BCUT2D eigenvalue weighted by molar-refractivity contribution is -0.127. The SMILES string of the molecule is COc1cc([C@H](C(=O)NC2CCCCC2)N(C(=O)Cn2nnc(-c3ccc(Cl)cc3)n2)c2ccc(F)cc2)ccc1O. The van der Waals surface area contributed by atoms with Gasteiger partial charge in [-0.3, -0.25) is 14.5 Å². The summed E-state index contributed by atoms with van der Waals surface area (Å²) < 4.78 is 19.3. The van der Waals surface area contributed by atoms with Crippen molar-refractivity contribution in [3.63, 3.8) is 0 Å². The molecule has 2 amide bonds. The fourth-order valence-corrected chi connectivity index (χ4v) is 5.20. The van der Waals surface area contributed by atoms with Crippen LogP contribution < -0.4 is 15.0 Å². The number of methoxy groups -OCH3 is 1. The van der Waals surface area contributed by atoms with E-state index >= 15 is 0 Å². The molecular formula is C30H30ClFN6O4. The maximum absolute atomic E-state index is 14.0. The maximum atomic E-state index is 14.0. The van der Waals surface area contributed by atoms with Crippen LogP contribution in [0, 0.1) is 5.82 Å². The Balaban J connectivity index is 1.53. The van der Waals surface area contributed by atoms with Gasteiger partial charge in [-0.15, -0.1) is 10.2 Å². The average Bonchev–Trinajstić information content (AvgIpc) is 3.46. The van der Waals surface area contributed by atoms with Crippen LogP contribution in [-0.2, 0) is 16.1 Å². The van der Waals surface area contributed by atoms with E-state index in [4.69, 9.17) is 16.3 Å². The number of aromatic nitrogens is 4. The first-order chi connectivity index (χ1) is 20.3. The second-order valence-electron chi connectivity index (χ2n) is 10.1. The summed E-state index contributed by atoms with van der Waals surface area (Å²) in [5, 5.41) is 26.3. The van der Waals surface area contributed by atoms with E-state index < -0.39 is 23.7 Å². The predicted octanol–water partition coefficient (Wildman–Crippen LogP) is 5.07. The molecule has 1 aromatic heterocycles. The van der Waals surface area contributed by atoms with Gasteiger partial charge in [-0.05, 0) is 84.3 Å². The van der Waals surface area contributed by atoms with Crippen molar-refractivity contribution < 1.29 is 23.8 Å². The molecule has 4 aromatic rings. The van der Waals surface area contributed by atoms with E-state index in [1.807, 2.05) is 0 Å². The predicted molar refractivity (Wildman–Crippen MR) is 155 cm³/mol. The van der Waals surface area contributed by atoms with Crippen molar-refractivity contribution in [3.05, 3.63) is 83.1 Å². The summed E-state index contributed by atoms with van der Waals surface area (Å²) in [6.45, 7) is -0.361. The highest BCUT2D eigenvalue weighted by molar-refractivity contribution is 6.30. The summed E-state index contributed by atoms with van der Waals surface area (Å²) in [6.07, 6.45) is 4.76. The Morgan fingerprint density at radius 1 is 1.10 bits per heavy atom. The summed E-state index contributed by atoms with van der Waals surface area (Å²) in [7, 11) is 1.40. The number of hydrogen-bond acceptors (Lipinski definition) is 7. The minimum atomic E-state index is -1.18. The van der Waals surface area contributed by atoms with E-state index in [1.54, 1.807) is 30.3 Å². The number of phenols is 1. The van der Waals surface area contributed by atoms with Crippen LogP contribution in [0.5, 0.6) is 11.5 Å². The molecule has 218 valence electrons. The van der Waals surface area contributed by atoms with Gasteiger partial charge in [0.05, 0.1) is 7.11 Å². The zero-order valence-corrected chi connectivity index (χ0v) is 23.7. The van der Waals surface area contributed by atoms with Gasteiger partial charge < -0.3 is 15.2 Å². The number of nitrogens with zero attached hydrogens (tertiary/aromatic N) is 5. The standard InChI is InChI=1S/C30H30ClFN6O4/c1-42-26-17-20(9-16-25(26)39)28(30(41)33-23-5-3-2-4-6-23)38(24-14-12-22(32)13-15-24)27(40)18-37-35-29(34-36-37)19-7-10-21(31)11-8-19/h7-17,23,28,39H,2-6,18H2,1H3,(H,33,41)/t28-/m1/s1. The first kappa shape index (κ1) is 29.0. The van der Waals surface area contributed by atoms with E-state index in [-0.39, 0.29) is 29.8 Å². The van der Waals surface area contributed by atoms with Gasteiger partial charge in [-0.1, -0.05) is 36.9 Å². The van der Waals surface area contributed by atoms with E-state index in [2.05, 4.69) is 20.7 Å². The van der Waals surface area contributed by atoms with Crippen molar-refractivity contribution in [1.29, 1.82) is 0 Å². The number of halogens is 2. The lowest BCUT2D eigenvalue weighted by Gasteiger charge is -2.33. The van der Waals surface area contributed by atoms with Crippen LogP contribution in [-0.4, -0.2) is 50.3 Å². The van der Waals surface area contributed by atoms with E-state index in [9.17, 15) is 19.1 Å². The number of nitrogens with one attached hydrogen (secondary N) is 1. The topological polar surface area (TPSA) is 122 Å². The third kappa shape index (κ3) is 6.68. The number of amides is 2. The van der Waals surface area contributed by atoms with Crippen molar-refractivity contribution in [3.8, 4) is 22.9 Å². The molecule has 1 aliphatic rings. The van der Waals surface area contributed by atoms with Crippen LogP contribution in [0.3, 0.4) is 0 Å². The number of tetrazole rings is 1. The number of rotatable bonds is 9. The summed E-state index contributed by atoms with van der Waals surface area (Å²) in [5.74, 6) is -1.14. The van der Waals surface area contributed by atoms with Gasteiger partial charge in [0.2, 0.25) is 11.7 Å². The highest BCUT2D eigenvalue weighted by Gasteiger charge is 2.35. The zero-order chi connectivity index (χ0) is 29.6. The Kier molecular flexibility index (Phi) is 8.97. The molecule has 3 aromatic carbocycles. The number of benzene rings is 3. The Bertz CT molecular complexity index is 1540. The molecule has 0 saturated heterocycles. The van der Waals surface area contributed by atoms with Gasteiger partial charge in [0.1, 0.15) is 18.4 Å². The number of phenolic OH excluding ortho intramolecular Hbond substituents is 1. The number of aromatic hydroxyl groups is 1. The zero-order valence-electron chi connectivity index (χ0n) is 22.9. The molecule has 1 saturated carbocycles. The fraction of sp³-hybridized carbons (Fsp3) is 0.300. The van der Waals surface area contributed by atoms with Crippen molar-refractivity contribution in [2.75, 3.05) is 12.0 Å². The Morgan fingerprint density at radius 3 is 2.50 bits per heavy atom. The maximum Gasteiger partial charge on any atom is 0.251 e. The van der Waals surface area contributed by atoms with Gasteiger partial charge in [-0.25, -0.2) is 4.39 Å². The minimum Gasteiger partial charge on any atom is -0.504 e. The van der Waals surface area contributed by atoms with Crippen LogP contribution in [0.2, 0.25) is 5.02 Å². The van der Waals surface area contributed by atoms with Crippen LogP contribution in [0.4, 0.5) is 10.1 Å². The third-order valence-electron chi connectivity index (χ3n) is 7.18. The second-order valence-corrected chi connectivity index (χ2v) is 10.5. The van der Waals surface area contributed by atoms with E-state index in [0.717, 1.165) is 36.9 Å². The van der Waals surface area contributed by atoms with Gasteiger partial charge in [0, 0.05) is 22.3 Å². The van der Waals surface area contributed by atoms with Crippen molar-refractivity contribution in [1.82, 2.24) is 25.5 Å². The van der Waals surface area contributed by atoms with Gasteiger partial charge in [0.15, 0.2) is 11.5 Å². The first-order valence-corrected chi connectivity index (χ1v) is 14.0. The Hall–Kier alpha value is -4.51. The molecule has 0 spiro atoms. The average molecular weight is 593 g/mol. The van der Waals surface area contributed by atoms with E-state index in [0.29, 0.717) is 22.0 Å². The van der Waals surface area contributed by atoms with Crippen molar-refractivity contribution in [2.45, 2.75) is 50.7 Å². The first-order valence-electron chi connectivity index (χ1n) is 13.6. The summed E-state index contributed by atoms with van der Waals surface area (Å²) in [5.41, 5.74) is 1.34. The third-order valence-corrected chi connectivity index (χ3v) is 7.44. The van der Waals surface area contributed by atoms with E-state index in [1.165, 1.54) is 48.4 Å². The molecule has 1 atom stereocenters. The number of carbonyl (C=O) groups is 2. The Morgan fingerprint density at radius 2 is 1.81 bits per heavy atom. The molecule has 0 radical (unpaired) electrons. The molecular weight excluding hydrogens is 563 g/mol.